The molecule has 2 saturated heterocycles. The van der Waals surface area contributed by atoms with Crippen molar-refractivity contribution in [2.24, 2.45) is 63.3 Å². The summed E-state index contributed by atoms with van der Waals surface area (Å²) in [5.74, 6) is -14.4. The number of amides is 18. The van der Waals surface area contributed by atoms with E-state index in [-0.39, 0.29) is 140 Å². The van der Waals surface area contributed by atoms with Crippen molar-refractivity contribution < 1.29 is 91.4 Å². The first kappa shape index (κ1) is 104. The molecule has 0 saturated carbocycles. The number of likely N-dealkylation sites (tertiary alicyclic amines) is 2. The number of hydrogen-bond acceptors (Lipinski definition) is 21. The zero-order chi connectivity index (χ0) is 91.9. The fourth-order valence-corrected chi connectivity index (χ4v) is 13.9. The largest absolute Gasteiger partial charge is 0.394 e. The van der Waals surface area contributed by atoms with Crippen LogP contribution in [0.2, 0.25) is 0 Å². The molecule has 0 unspecified atom stereocenters. The van der Waals surface area contributed by atoms with Gasteiger partial charge in [-0.2, -0.15) is 0 Å². The molecule has 686 valence electrons. The molecule has 1 aromatic carbocycles. The number of guanidine groups is 1. The van der Waals surface area contributed by atoms with E-state index in [4.69, 9.17) is 28.7 Å². The first-order valence-corrected chi connectivity index (χ1v) is 42.3. The van der Waals surface area contributed by atoms with Gasteiger partial charge in [0, 0.05) is 88.5 Å². The molecule has 2 fully saturated rings. The molecule has 42 nitrogen and oxygen atoms in total. The Hall–Kier alpha value is -11.6. The summed E-state index contributed by atoms with van der Waals surface area (Å²) in [6.07, 6.45) is 3.59. The highest BCUT2D eigenvalue weighted by molar-refractivity contribution is 5.99. The minimum atomic E-state index is -1.68. The monoisotopic (exact) mass is 1730 g/mol. The average molecular weight is 1730 g/mol. The molecule has 0 aliphatic carbocycles. The standard InChI is InChI=1S/C81H133N23O19/c1-12-47(10)68(78(121)89-31-27-62(107)87-32-28-66(111)103-33-17-23-60(103)77(120)96-54(69(84)112)38-49-39-91-52-21-14-13-19-50(49)52)101-65(110)41-93-72(115)58(42-105)100-79(122)67(46(8)9)102-75(118)57(37-45(6)7)99-73(116)53(25-26-61(83)106)95-63(108)24-16-29-88-76(119)59-22-18-34-104(59)80(123)48(11)94-64(109)40-92-71(114)55(35-43(2)3)98-74(117)56(36-44(4)5)97-70(113)51(82)20-15-30-90-81(85)86/h13-14,19,21,39,43-48,51,53-60,67-68,91,105H,12,15-18,20,22-38,40-42,82H2,1-11H3,(H2,83,106)(H2,84,112)(H,87,107)(H,88,119)(H,89,121)(H,92,114)(H,93,115)(H,94,109)(H,95,108)(H,96,120)(H,97,113)(H,98,117)(H,99,116)(H,100,122)(H,101,110)(H,102,118)(H4,85,86,90)/t47-,48-,51-,53-,54-,55-,56-,57-,58-,59-,60-,67-,68-/m0/s1. The number of nitrogens with one attached hydrogen (secondary N) is 15. The molecule has 13 atom stereocenters. The van der Waals surface area contributed by atoms with Crippen LogP contribution in [0.3, 0.4) is 0 Å². The van der Waals surface area contributed by atoms with Crippen molar-refractivity contribution in [3.63, 3.8) is 0 Å². The van der Waals surface area contributed by atoms with Crippen molar-refractivity contribution in [2.75, 3.05) is 59.0 Å². The van der Waals surface area contributed by atoms with E-state index < -0.39 is 210 Å². The predicted octanol–water partition coefficient (Wildman–Crippen LogP) is -4.82. The molecule has 2 aliphatic rings. The van der Waals surface area contributed by atoms with Crippen LogP contribution in [0.15, 0.2) is 35.5 Å². The first-order chi connectivity index (χ1) is 58.0. The van der Waals surface area contributed by atoms with Crippen molar-refractivity contribution in [3.8, 4) is 0 Å². The van der Waals surface area contributed by atoms with Crippen LogP contribution in [-0.4, -0.2) is 264 Å². The second-order valence-electron chi connectivity index (χ2n) is 32.9. The molecule has 2 aromatic rings. The van der Waals surface area contributed by atoms with E-state index in [0.29, 0.717) is 32.1 Å². The lowest BCUT2D eigenvalue weighted by atomic mass is 9.98. The summed E-state index contributed by atoms with van der Waals surface area (Å²) in [7, 11) is 0. The maximum Gasteiger partial charge on any atom is 0.245 e. The predicted molar refractivity (Wildman–Crippen MR) is 453 cm³/mol. The van der Waals surface area contributed by atoms with Crippen molar-refractivity contribution in [1.82, 2.24) is 89.2 Å². The smallest absolute Gasteiger partial charge is 0.245 e. The number of H-pyrrole nitrogens is 1. The Morgan fingerprint density at radius 3 is 1.62 bits per heavy atom. The lowest BCUT2D eigenvalue weighted by molar-refractivity contribution is -0.141. The van der Waals surface area contributed by atoms with Gasteiger partial charge in [0.1, 0.15) is 66.5 Å². The topological polar surface area (TPSA) is 661 Å². The lowest BCUT2D eigenvalue weighted by Gasteiger charge is -2.28. The number of aromatic amines is 1. The van der Waals surface area contributed by atoms with Crippen LogP contribution in [-0.2, 0) is 92.7 Å². The summed E-state index contributed by atoms with van der Waals surface area (Å²) >= 11 is 0. The summed E-state index contributed by atoms with van der Waals surface area (Å²) in [4.78, 5) is 251. The fourth-order valence-electron chi connectivity index (χ4n) is 13.9. The third kappa shape index (κ3) is 36.2. The summed E-state index contributed by atoms with van der Waals surface area (Å²) < 4.78 is 0. The summed E-state index contributed by atoms with van der Waals surface area (Å²) in [5, 5.41) is 47.3. The number of primary amides is 2. The van der Waals surface area contributed by atoms with Crippen molar-refractivity contribution >= 4 is 123 Å². The molecule has 1 aromatic heterocycles. The van der Waals surface area contributed by atoms with Gasteiger partial charge in [0.25, 0.3) is 0 Å². The number of nitrogens with zero attached hydrogens (tertiary/aromatic N) is 3. The number of carbonyl (C=O) groups is 18. The van der Waals surface area contributed by atoms with Gasteiger partial charge < -0.3 is 123 Å². The van der Waals surface area contributed by atoms with E-state index in [1.807, 2.05) is 52.0 Å². The van der Waals surface area contributed by atoms with Gasteiger partial charge in [-0.15, -0.1) is 0 Å². The van der Waals surface area contributed by atoms with Gasteiger partial charge in [-0.05, 0) is 119 Å². The second kappa shape index (κ2) is 52.7. The number of hydrogen-bond donors (Lipinski definition) is 21. The average Bonchev–Trinajstić information content (AvgIpc) is 1.70. The minimum Gasteiger partial charge on any atom is -0.394 e. The Bertz CT molecular complexity index is 4000. The number of carbonyl (C=O) groups excluding carboxylic acids is 18. The van der Waals surface area contributed by atoms with Gasteiger partial charge in [0.2, 0.25) is 106 Å². The zero-order valence-electron chi connectivity index (χ0n) is 72.6. The molecule has 18 amide bonds. The van der Waals surface area contributed by atoms with Gasteiger partial charge >= 0.3 is 0 Å². The number of aliphatic hydroxyl groups is 1. The minimum absolute atomic E-state index is 0.00910. The highest BCUT2D eigenvalue weighted by Gasteiger charge is 2.40. The van der Waals surface area contributed by atoms with E-state index in [1.165, 1.54) is 16.7 Å². The lowest BCUT2D eigenvalue weighted by Crippen LogP contribution is -2.60. The number of aromatic nitrogens is 1. The fraction of sp³-hybridized carbons (Fsp3) is 0.667. The van der Waals surface area contributed by atoms with E-state index in [2.05, 4.69) is 84.4 Å². The van der Waals surface area contributed by atoms with E-state index >= 15 is 0 Å². The maximum atomic E-state index is 14.1. The molecule has 2 aliphatic heterocycles. The van der Waals surface area contributed by atoms with Crippen LogP contribution in [0.1, 0.15) is 184 Å². The number of benzene rings is 1. The number of aliphatic hydroxyl groups excluding tert-OH is 1. The highest BCUT2D eigenvalue weighted by atomic mass is 16.3. The highest BCUT2D eigenvalue weighted by Crippen LogP contribution is 2.23. The summed E-state index contributed by atoms with van der Waals surface area (Å²) in [6.45, 7) is 16.9. The van der Waals surface area contributed by atoms with Crippen molar-refractivity contribution in [2.45, 2.75) is 258 Å². The molecule has 26 N–H and O–H groups in total. The van der Waals surface area contributed by atoms with Crippen LogP contribution >= 0.6 is 0 Å². The van der Waals surface area contributed by atoms with Gasteiger partial charge in [0.15, 0.2) is 5.96 Å². The molecule has 4 rings (SSSR count). The van der Waals surface area contributed by atoms with E-state index in [1.54, 1.807) is 47.7 Å². The molecule has 0 bridgehead atoms. The molecule has 0 spiro atoms. The molecule has 3 heterocycles. The third-order valence-corrected chi connectivity index (χ3v) is 20.8. The van der Waals surface area contributed by atoms with Crippen LogP contribution in [0, 0.1) is 29.6 Å². The molecular weight excluding hydrogens is 1600 g/mol. The SMILES string of the molecule is CC[C@H](C)[C@H](NC(=O)CNC(=O)[C@H](CO)NC(=O)[C@@H](NC(=O)[C@H](CC(C)C)NC(=O)[C@H](CCC(N)=O)NC(=O)CCCNC(=O)[C@@H]1CCCN1C(=O)[C@H](C)NC(=O)CNC(=O)[C@H](CC(C)C)NC(=O)[C@H](CC(C)C)NC(=O)[C@@H](N)CCCN=C(N)N)C(C)C)C(=O)NCCC(=O)NCCC(=O)N1CCC[C@H]1C(=O)N[C@@H](Cc1c[nH]c2ccccc12)C(N)=O. The Morgan fingerprint density at radius 2 is 1.04 bits per heavy atom. The first-order valence-electron chi connectivity index (χ1n) is 42.3. The van der Waals surface area contributed by atoms with Crippen LogP contribution < -0.4 is 103 Å². The van der Waals surface area contributed by atoms with Gasteiger partial charge in [-0.3, -0.25) is 91.3 Å². The van der Waals surface area contributed by atoms with Crippen LogP contribution in [0.4, 0.5) is 0 Å². The van der Waals surface area contributed by atoms with E-state index in [9.17, 15) is 91.4 Å². The Morgan fingerprint density at radius 1 is 0.496 bits per heavy atom. The Balaban J connectivity index is 1.23. The molecular formula is C81H133N23O19. The number of fused-ring (bicyclic) bond motifs is 1. The summed E-state index contributed by atoms with van der Waals surface area (Å²) in [6, 6.07) is -6.70. The number of nitrogens with two attached hydrogens (primary N) is 5. The quantitative estimate of drug-likeness (QED) is 0.0168. The van der Waals surface area contributed by atoms with Crippen molar-refractivity contribution in [1.29, 1.82) is 0 Å². The normalized spacial score (nSPS) is 16.4. The second-order valence-corrected chi connectivity index (χ2v) is 32.9. The van der Waals surface area contributed by atoms with Crippen LogP contribution in [0.25, 0.3) is 10.9 Å². The Labute approximate surface area is 716 Å². The number of rotatable bonds is 54. The van der Waals surface area contributed by atoms with Crippen molar-refractivity contribution in [3.05, 3.63) is 36.0 Å². The Kier molecular flexibility index (Phi) is 44.4. The summed E-state index contributed by atoms with van der Waals surface area (Å²) in [5.41, 5.74) is 29.6. The molecule has 123 heavy (non-hydrogen) atoms. The van der Waals surface area contributed by atoms with Gasteiger partial charge in [-0.1, -0.05) is 93.9 Å². The number of para-hydroxylation sites is 1. The van der Waals surface area contributed by atoms with Gasteiger partial charge in [-0.25, -0.2) is 0 Å². The van der Waals surface area contributed by atoms with Gasteiger partial charge in [0.05, 0.1) is 25.7 Å². The maximum absolute atomic E-state index is 14.1. The molecule has 42 heteroatoms. The zero-order valence-corrected chi connectivity index (χ0v) is 72.6. The van der Waals surface area contributed by atoms with E-state index in [0.717, 1.165) is 16.5 Å². The van der Waals surface area contributed by atoms with Crippen LogP contribution in [0.5, 0.6) is 0 Å². The number of aliphatic imine (C=N–C) groups is 1. The molecule has 0 radical (unpaired) electrons. The third-order valence-electron chi connectivity index (χ3n) is 20.8.